The number of aromatic nitrogens is 2. The molecule has 1 aromatic heterocycles. The summed E-state index contributed by atoms with van der Waals surface area (Å²) in [5.74, 6) is 0.948. The van der Waals surface area contributed by atoms with Gasteiger partial charge in [-0.2, -0.15) is 16.9 Å². The Morgan fingerprint density at radius 3 is 2.88 bits per heavy atom. The van der Waals surface area contributed by atoms with Crippen molar-refractivity contribution in [3.05, 3.63) is 41.1 Å². The zero-order chi connectivity index (χ0) is 17.8. The van der Waals surface area contributed by atoms with E-state index in [-0.39, 0.29) is 0 Å². The largest absolute Gasteiger partial charge is 0.348 e. The van der Waals surface area contributed by atoms with E-state index in [0.717, 1.165) is 46.9 Å². The molecule has 0 unspecified atom stereocenters. The number of hydrogen-bond acceptors (Lipinski definition) is 4. The van der Waals surface area contributed by atoms with Gasteiger partial charge in [-0.3, -0.25) is 9.59 Å². The summed E-state index contributed by atoms with van der Waals surface area (Å²) >= 11 is 1.76. The van der Waals surface area contributed by atoms with Gasteiger partial charge in [0.15, 0.2) is 0 Å². The van der Waals surface area contributed by atoms with E-state index >= 15 is 0 Å². The highest BCUT2D eigenvalue weighted by molar-refractivity contribution is 7.98. The van der Waals surface area contributed by atoms with Gasteiger partial charge in [0, 0.05) is 23.6 Å². The van der Waals surface area contributed by atoms with Gasteiger partial charge in [0.2, 0.25) is 0 Å². The van der Waals surface area contributed by atoms with Crippen LogP contribution in [0.1, 0.15) is 36.6 Å². The zero-order valence-electron chi connectivity index (χ0n) is 14.5. The molecule has 3 rings (SSSR count). The number of nitrogens with one attached hydrogen (secondary N) is 2. The highest BCUT2D eigenvalue weighted by Gasteiger charge is 2.26. The summed E-state index contributed by atoms with van der Waals surface area (Å²) in [6.45, 7) is 4.55. The molecule has 0 fully saturated rings. The van der Waals surface area contributed by atoms with Crippen LogP contribution in [0.25, 0.3) is 5.69 Å². The maximum Gasteiger partial charge on any atom is 0.314 e. The van der Waals surface area contributed by atoms with Crippen molar-refractivity contribution >= 4 is 29.4 Å². The number of hydrogen-bond donors (Lipinski definition) is 2. The van der Waals surface area contributed by atoms with Crippen molar-refractivity contribution in [3.8, 4) is 5.69 Å². The SMILES string of the molecule is CCCCNC(=O)C(=O)Nc1c2c(nn1-c1cccc(C)c1)CSC2. The number of amides is 2. The number of carbonyl (C=O) groups excluding carboxylic acids is 2. The molecule has 0 saturated carbocycles. The molecule has 2 aromatic rings. The van der Waals surface area contributed by atoms with E-state index in [0.29, 0.717) is 12.4 Å². The summed E-state index contributed by atoms with van der Waals surface area (Å²) in [5, 5.41) is 10.1. The molecule has 0 atom stereocenters. The Bertz CT molecular complexity index is 800. The number of benzene rings is 1. The van der Waals surface area contributed by atoms with E-state index in [4.69, 9.17) is 0 Å². The molecular weight excluding hydrogens is 336 g/mol. The molecule has 6 nitrogen and oxygen atoms in total. The molecule has 0 aliphatic carbocycles. The summed E-state index contributed by atoms with van der Waals surface area (Å²) in [5.41, 5.74) is 3.95. The minimum absolute atomic E-state index is 0.508. The van der Waals surface area contributed by atoms with Crippen LogP contribution in [0.3, 0.4) is 0 Å². The van der Waals surface area contributed by atoms with Gasteiger partial charge in [-0.25, -0.2) is 4.68 Å². The predicted molar refractivity (Wildman–Crippen MR) is 99.8 cm³/mol. The van der Waals surface area contributed by atoms with E-state index < -0.39 is 11.8 Å². The van der Waals surface area contributed by atoms with Gasteiger partial charge in [0.25, 0.3) is 0 Å². The van der Waals surface area contributed by atoms with Crippen LogP contribution in [-0.4, -0.2) is 28.1 Å². The second-order valence-corrected chi connectivity index (χ2v) is 7.07. The molecule has 1 aliphatic heterocycles. The van der Waals surface area contributed by atoms with Crippen LogP contribution in [0.2, 0.25) is 0 Å². The van der Waals surface area contributed by atoms with Crippen LogP contribution in [0, 0.1) is 6.92 Å². The second kappa shape index (κ2) is 7.74. The monoisotopic (exact) mass is 358 g/mol. The maximum absolute atomic E-state index is 12.3. The Kier molecular flexibility index (Phi) is 5.43. The summed E-state index contributed by atoms with van der Waals surface area (Å²) < 4.78 is 1.73. The van der Waals surface area contributed by atoms with Gasteiger partial charge in [-0.15, -0.1) is 0 Å². The molecule has 1 aliphatic rings. The van der Waals surface area contributed by atoms with Gasteiger partial charge in [-0.1, -0.05) is 25.5 Å². The molecule has 7 heteroatoms. The third-order valence-electron chi connectivity index (χ3n) is 4.05. The molecule has 1 aromatic carbocycles. The van der Waals surface area contributed by atoms with Gasteiger partial charge >= 0.3 is 11.8 Å². The Balaban J connectivity index is 1.85. The molecule has 0 spiro atoms. The van der Waals surface area contributed by atoms with Gasteiger partial charge in [-0.05, 0) is 31.0 Å². The van der Waals surface area contributed by atoms with E-state index in [2.05, 4.69) is 15.7 Å². The number of thioether (sulfide) groups is 1. The first-order valence-corrected chi connectivity index (χ1v) is 9.60. The molecule has 132 valence electrons. The first kappa shape index (κ1) is 17.5. The third kappa shape index (κ3) is 3.87. The normalized spacial score (nSPS) is 12.7. The van der Waals surface area contributed by atoms with Crippen LogP contribution < -0.4 is 10.6 Å². The summed E-state index contributed by atoms with van der Waals surface area (Å²) in [6, 6.07) is 7.91. The van der Waals surface area contributed by atoms with Crippen molar-refractivity contribution in [2.24, 2.45) is 0 Å². The van der Waals surface area contributed by atoms with Crippen LogP contribution in [0.4, 0.5) is 5.82 Å². The number of aryl methyl sites for hydroxylation is 1. The molecule has 0 radical (unpaired) electrons. The van der Waals surface area contributed by atoms with E-state index in [9.17, 15) is 9.59 Å². The minimum atomic E-state index is -0.649. The lowest BCUT2D eigenvalue weighted by Crippen LogP contribution is -2.36. The van der Waals surface area contributed by atoms with E-state index in [1.165, 1.54) is 0 Å². The number of unbranched alkanes of at least 4 members (excludes halogenated alkanes) is 1. The van der Waals surface area contributed by atoms with Crippen molar-refractivity contribution < 1.29 is 9.59 Å². The van der Waals surface area contributed by atoms with Crippen molar-refractivity contribution in [3.63, 3.8) is 0 Å². The highest BCUT2D eigenvalue weighted by atomic mass is 32.2. The summed E-state index contributed by atoms with van der Waals surface area (Å²) in [4.78, 5) is 24.3. The molecular formula is C18H22N4O2S. The Morgan fingerprint density at radius 2 is 2.12 bits per heavy atom. The molecule has 0 saturated heterocycles. The smallest absolute Gasteiger partial charge is 0.314 e. The van der Waals surface area contributed by atoms with Crippen LogP contribution in [0.5, 0.6) is 0 Å². The molecule has 2 amide bonds. The number of rotatable bonds is 5. The van der Waals surface area contributed by atoms with Gasteiger partial charge < -0.3 is 10.6 Å². The number of fused-ring (bicyclic) bond motifs is 1. The number of nitrogens with zero attached hydrogens (tertiary/aromatic N) is 2. The molecule has 2 heterocycles. The number of anilines is 1. The summed E-state index contributed by atoms with van der Waals surface area (Å²) in [7, 11) is 0. The Morgan fingerprint density at radius 1 is 1.28 bits per heavy atom. The molecule has 2 N–H and O–H groups in total. The van der Waals surface area contributed by atoms with E-state index in [1.54, 1.807) is 16.4 Å². The van der Waals surface area contributed by atoms with Crippen LogP contribution in [-0.2, 0) is 21.1 Å². The average molecular weight is 358 g/mol. The van der Waals surface area contributed by atoms with Crippen LogP contribution >= 0.6 is 11.8 Å². The lowest BCUT2D eigenvalue weighted by molar-refractivity contribution is -0.136. The molecule has 0 bridgehead atoms. The first-order valence-electron chi connectivity index (χ1n) is 8.45. The average Bonchev–Trinajstić information content (AvgIpc) is 3.17. The highest BCUT2D eigenvalue weighted by Crippen LogP contribution is 2.36. The maximum atomic E-state index is 12.3. The minimum Gasteiger partial charge on any atom is -0.348 e. The topological polar surface area (TPSA) is 76.0 Å². The summed E-state index contributed by atoms with van der Waals surface area (Å²) in [6.07, 6.45) is 1.82. The van der Waals surface area contributed by atoms with Crippen molar-refractivity contribution in [2.45, 2.75) is 38.2 Å². The van der Waals surface area contributed by atoms with Crippen molar-refractivity contribution in [2.75, 3.05) is 11.9 Å². The fourth-order valence-electron chi connectivity index (χ4n) is 2.71. The predicted octanol–water partition coefficient (Wildman–Crippen LogP) is 2.78. The lowest BCUT2D eigenvalue weighted by Gasteiger charge is -2.11. The Hall–Kier alpha value is -2.28. The van der Waals surface area contributed by atoms with Crippen molar-refractivity contribution in [1.82, 2.24) is 15.1 Å². The second-order valence-electron chi connectivity index (χ2n) is 6.08. The van der Waals surface area contributed by atoms with Gasteiger partial charge in [0.1, 0.15) is 5.82 Å². The lowest BCUT2D eigenvalue weighted by atomic mass is 10.2. The zero-order valence-corrected chi connectivity index (χ0v) is 15.3. The fourth-order valence-corrected chi connectivity index (χ4v) is 3.75. The fraction of sp³-hybridized carbons (Fsp3) is 0.389. The molecule has 25 heavy (non-hydrogen) atoms. The third-order valence-corrected chi connectivity index (χ3v) is 5.02. The standard InChI is InChI=1S/C18H22N4O2S/c1-3-4-8-19-17(23)18(24)20-16-14-10-25-11-15(14)21-22(16)13-7-5-6-12(2)9-13/h5-7,9H,3-4,8,10-11H2,1-2H3,(H,19,23)(H,20,24). The Labute approximate surface area is 151 Å². The quantitative estimate of drug-likeness (QED) is 0.636. The van der Waals surface area contributed by atoms with Gasteiger partial charge in [0.05, 0.1) is 11.4 Å². The van der Waals surface area contributed by atoms with Crippen molar-refractivity contribution in [1.29, 1.82) is 0 Å². The number of carbonyl (C=O) groups is 2. The first-order chi connectivity index (χ1) is 12.1. The van der Waals surface area contributed by atoms with E-state index in [1.807, 2.05) is 38.1 Å². The van der Waals surface area contributed by atoms with Crippen LogP contribution in [0.15, 0.2) is 24.3 Å².